The van der Waals surface area contributed by atoms with Crippen LogP contribution in [0.4, 0.5) is 0 Å². The summed E-state index contributed by atoms with van der Waals surface area (Å²) in [5.41, 5.74) is 4.32. The Hall–Kier alpha value is -4.98. The molecule has 6 aromatic rings. The monoisotopic (exact) mass is 561 g/mol. The Morgan fingerprint density at radius 2 is 1.62 bits per heavy atom. The van der Waals surface area contributed by atoms with Crippen LogP contribution in [0.25, 0.3) is 27.6 Å². The standard InChI is InChI=1S/C33H31N5O3.CH4/c1-33(2,3)29-20-23(38(36-29)22-10-6-5-7-11-22)19-24(39)18-21-14-15-27(26-13-9-8-12-25(21)26)41-28-16-17-34-31-30(28)37(4)32(40)35-31;/h5-17,20H,18-19H2,1-4H3,(H,34,35,40);1H4. The minimum atomic E-state index is -0.259. The van der Waals surface area contributed by atoms with Gasteiger partial charge in [-0.3, -0.25) is 14.3 Å². The van der Waals surface area contributed by atoms with Crippen molar-refractivity contribution in [3.8, 4) is 17.2 Å². The van der Waals surface area contributed by atoms with Crippen molar-refractivity contribution in [2.75, 3.05) is 0 Å². The number of hydrogen-bond donors (Lipinski definition) is 1. The lowest BCUT2D eigenvalue weighted by Crippen LogP contribution is -2.13. The Labute approximate surface area is 244 Å². The van der Waals surface area contributed by atoms with Crippen LogP contribution in [0.2, 0.25) is 0 Å². The molecule has 0 saturated heterocycles. The summed E-state index contributed by atoms with van der Waals surface area (Å²) in [6.07, 6.45) is 2.15. The third kappa shape index (κ3) is 5.35. The molecule has 0 spiro atoms. The van der Waals surface area contributed by atoms with E-state index < -0.39 is 0 Å². The molecule has 3 aromatic carbocycles. The van der Waals surface area contributed by atoms with Crippen molar-refractivity contribution in [2.45, 2.75) is 46.5 Å². The maximum atomic E-state index is 13.5. The Kier molecular flexibility index (Phi) is 7.56. The highest BCUT2D eigenvalue weighted by Gasteiger charge is 2.22. The molecule has 6 rings (SSSR count). The molecule has 0 saturated carbocycles. The van der Waals surface area contributed by atoms with E-state index in [1.54, 1.807) is 19.3 Å². The third-order valence-corrected chi connectivity index (χ3v) is 7.27. The van der Waals surface area contributed by atoms with Crippen molar-refractivity contribution in [1.82, 2.24) is 24.3 Å². The summed E-state index contributed by atoms with van der Waals surface area (Å²) in [6, 6.07) is 25.4. The van der Waals surface area contributed by atoms with Crippen molar-refractivity contribution in [2.24, 2.45) is 7.05 Å². The van der Waals surface area contributed by atoms with E-state index in [2.05, 4.69) is 30.7 Å². The van der Waals surface area contributed by atoms with Gasteiger partial charge >= 0.3 is 5.69 Å². The fourth-order valence-corrected chi connectivity index (χ4v) is 5.10. The van der Waals surface area contributed by atoms with Gasteiger partial charge in [0.05, 0.1) is 17.1 Å². The first-order chi connectivity index (χ1) is 19.7. The average Bonchev–Trinajstić information content (AvgIpc) is 3.51. The molecule has 0 aliphatic carbocycles. The molecule has 1 N–H and O–H groups in total. The van der Waals surface area contributed by atoms with Gasteiger partial charge < -0.3 is 4.74 Å². The molecular formula is C34H35N5O3. The maximum Gasteiger partial charge on any atom is 0.327 e. The zero-order chi connectivity index (χ0) is 28.7. The van der Waals surface area contributed by atoms with E-state index in [9.17, 15) is 9.59 Å². The number of nitrogens with one attached hydrogen (secondary N) is 1. The van der Waals surface area contributed by atoms with E-state index in [1.165, 1.54) is 4.57 Å². The highest BCUT2D eigenvalue weighted by atomic mass is 16.5. The van der Waals surface area contributed by atoms with Crippen molar-refractivity contribution in [1.29, 1.82) is 0 Å². The van der Waals surface area contributed by atoms with Crippen LogP contribution in [0, 0.1) is 0 Å². The molecule has 0 fully saturated rings. The summed E-state index contributed by atoms with van der Waals surface area (Å²) >= 11 is 0. The fourth-order valence-electron chi connectivity index (χ4n) is 5.10. The number of carbonyl (C=O) groups is 1. The highest BCUT2D eigenvalue weighted by Crippen LogP contribution is 2.34. The summed E-state index contributed by atoms with van der Waals surface area (Å²) in [7, 11) is 1.68. The molecule has 0 aliphatic heterocycles. The number of ether oxygens (including phenoxy) is 1. The van der Waals surface area contributed by atoms with E-state index in [1.807, 2.05) is 77.5 Å². The minimum absolute atomic E-state index is 0. The van der Waals surface area contributed by atoms with Crippen LogP contribution in [0.1, 0.15) is 45.1 Å². The van der Waals surface area contributed by atoms with Gasteiger partial charge in [-0.05, 0) is 35.2 Å². The van der Waals surface area contributed by atoms with Crippen LogP contribution in [-0.2, 0) is 30.1 Å². The maximum absolute atomic E-state index is 13.5. The molecule has 0 atom stereocenters. The van der Waals surface area contributed by atoms with Crippen molar-refractivity contribution in [3.63, 3.8) is 0 Å². The number of fused-ring (bicyclic) bond motifs is 2. The third-order valence-electron chi connectivity index (χ3n) is 7.27. The lowest BCUT2D eigenvalue weighted by molar-refractivity contribution is -0.117. The first-order valence-corrected chi connectivity index (χ1v) is 13.6. The van der Waals surface area contributed by atoms with Gasteiger partial charge in [0, 0.05) is 43.0 Å². The predicted molar refractivity (Wildman–Crippen MR) is 167 cm³/mol. The van der Waals surface area contributed by atoms with Gasteiger partial charge in [0.15, 0.2) is 11.4 Å². The summed E-state index contributed by atoms with van der Waals surface area (Å²) in [4.78, 5) is 32.7. The van der Waals surface area contributed by atoms with E-state index in [-0.39, 0.29) is 37.2 Å². The van der Waals surface area contributed by atoms with Crippen molar-refractivity contribution >= 4 is 27.7 Å². The normalized spacial score (nSPS) is 11.5. The molecular weight excluding hydrogens is 526 g/mol. The Bertz CT molecular complexity index is 1960. The first-order valence-electron chi connectivity index (χ1n) is 13.6. The van der Waals surface area contributed by atoms with E-state index in [0.717, 1.165) is 33.4 Å². The fraction of sp³-hybridized carbons (Fsp3) is 0.235. The van der Waals surface area contributed by atoms with E-state index in [4.69, 9.17) is 9.84 Å². The lowest BCUT2D eigenvalue weighted by Gasteiger charge is -2.14. The topological polar surface area (TPSA) is 94.8 Å². The number of aromatic nitrogens is 5. The van der Waals surface area contributed by atoms with Gasteiger partial charge in [-0.1, -0.05) is 76.7 Å². The number of ketones is 1. The summed E-state index contributed by atoms with van der Waals surface area (Å²) in [6.45, 7) is 6.37. The predicted octanol–water partition coefficient (Wildman–Crippen LogP) is 6.68. The number of imidazole rings is 1. The van der Waals surface area contributed by atoms with Crippen molar-refractivity contribution < 1.29 is 9.53 Å². The van der Waals surface area contributed by atoms with Crippen LogP contribution in [0.3, 0.4) is 0 Å². The summed E-state index contributed by atoms with van der Waals surface area (Å²) in [5.74, 6) is 1.25. The molecule has 8 nitrogen and oxygen atoms in total. The molecule has 0 amide bonds. The average molecular weight is 562 g/mol. The zero-order valence-electron chi connectivity index (χ0n) is 23.5. The molecule has 0 aliphatic rings. The Balaban J connectivity index is 0.00000353. The number of hydrogen-bond acceptors (Lipinski definition) is 5. The van der Waals surface area contributed by atoms with Gasteiger partial charge in [-0.25, -0.2) is 14.5 Å². The number of rotatable bonds is 7. The number of aromatic amines is 1. The van der Waals surface area contributed by atoms with E-state index in [0.29, 0.717) is 22.7 Å². The lowest BCUT2D eigenvalue weighted by atomic mass is 9.92. The van der Waals surface area contributed by atoms with Gasteiger partial charge in [-0.15, -0.1) is 0 Å². The van der Waals surface area contributed by atoms with Crippen molar-refractivity contribution in [3.05, 3.63) is 112 Å². The van der Waals surface area contributed by atoms with Gasteiger partial charge in [-0.2, -0.15) is 5.10 Å². The van der Waals surface area contributed by atoms with Crippen LogP contribution in [0.15, 0.2) is 89.9 Å². The van der Waals surface area contributed by atoms with Gasteiger partial charge in [0.25, 0.3) is 0 Å². The summed E-state index contributed by atoms with van der Waals surface area (Å²) in [5, 5.41) is 6.69. The second kappa shape index (κ2) is 11.1. The number of nitrogens with zero attached hydrogens (tertiary/aromatic N) is 4. The second-order valence-electron chi connectivity index (χ2n) is 11.3. The SMILES string of the molecule is C.Cn1c(=O)[nH]c2nccc(Oc3ccc(CC(=O)Cc4cc(C(C)(C)C)nn4-c4ccccc4)c4ccccc34)c21. The molecule has 8 heteroatoms. The zero-order valence-corrected chi connectivity index (χ0v) is 23.5. The van der Waals surface area contributed by atoms with Crippen LogP contribution >= 0.6 is 0 Å². The largest absolute Gasteiger partial charge is 0.454 e. The number of H-pyrrole nitrogens is 1. The number of para-hydroxylation sites is 1. The van der Waals surface area contributed by atoms with E-state index >= 15 is 0 Å². The molecule has 0 bridgehead atoms. The molecule has 3 heterocycles. The molecule has 0 unspecified atom stereocenters. The molecule has 214 valence electrons. The van der Waals surface area contributed by atoms with Crippen LogP contribution in [0.5, 0.6) is 11.5 Å². The van der Waals surface area contributed by atoms with Crippen LogP contribution in [-0.4, -0.2) is 30.1 Å². The number of pyridine rings is 1. The van der Waals surface area contributed by atoms with Gasteiger partial charge in [0.1, 0.15) is 17.0 Å². The minimum Gasteiger partial charge on any atom is -0.454 e. The number of aryl methyl sites for hydroxylation is 1. The molecule has 42 heavy (non-hydrogen) atoms. The van der Waals surface area contributed by atoms with Gasteiger partial charge in [0.2, 0.25) is 0 Å². The summed E-state index contributed by atoms with van der Waals surface area (Å²) < 4.78 is 9.71. The number of Topliss-reactive ketones (excluding diaryl/α,β-unsaturated/α-hetero) is 1. The molecule has 3 aromatic heterocycles. The smallest absolute Gasteiger partial charge is 0.327 e. The number of benzene rings is 3. The highest BCUT2D eigenvalue weighted by molar-refractivity contribution is 5.95. The Morgan fingerprint density at radius 3 is 2.36 bits per heavy atom. The Morgan fingerprint density at radius 1 is 0.905 bits per heavy atom. The second-order valence-corrected chi connectivity index (χ2v) is 11.3. The quantitative estimate of drug-likeness (QED) is 0.235. The van der Waals surface area contributed by atoms with Crippen LogP contribution < -0.4 is 10.4 Å². The molecule has 0 radical (unpaired) electrons. The first kappa shape index (κ1) is 28.5. The number of carbonyl (C=O) groups excluding carboxylic acids is 1.